The number of aromatic nitrogens is 1. The molecular weight excluding hydrogens is 175 g/mol. The topological polar surface area (TPSA) is 53.4 Å². The SMILES string of the molecule is CN(C)c1ccnc(C(=O)O)c1F. The van der Waals surface area contributed by atoms with Crippen LogP contribution in [0.4, 0.5) is 10.1 Å². The van der Waals surface area contributed by atoms with Gasteiger partial charge in [-0.2, -0.15) is 0 Å². The van der Waals surface area contributed by atoms with Crippen molar-refractivity contribution in [2.24, 2.45) is 0 Å². The van der Waals surface area contributed by atoms with Crippen LogP contribution in [0, 0.1) is 5.82 Å². The van der Waals surface area contributed by atoms with E-state index in [4.69, 9.17) is 5.11 Å². The molecule has 0 radical (unpaired) electrons. The Labute approximate surface area is 74.6 Å². The Bertz CT molecular complexity index is 339. The minimum absolute atomic E-state index is 0.215. The number of nitrogens with zero attached hydrogens (tertiary/aromatic N) is 2. The maximum Gasteiger partial charge on any atom is 0.357 e. The summed E-state index contributed by atoms with van der Waals surface area (Å²) < 4.78 is 13.3. The molecule has 1 N–H and O–H groups in total. The van der Waals surface area contributed by atoms with Crippen molar-refractivity contribution in [2.45, 2.75) is 0 Å². The Kier molecular flexibility index (Phi) is 2.46. The lowest BCUT2D eigenvalue weighted by Crippen LogP contribution is -2.14. The van der Waals surface area contributed by atoms with E-state index in [9.17, 15) is 9.18 Å². The third-order valence-corrected chi connectivity index (χ3v) is 1.55. The fourth-order valence-electron chi connectivity index (χ4n) is 0.928. The number of rotatable bonds is 2. The zero-order chi connectivity index (χ0) is 10.0. The first kappa shape index (κ1) is 9.44. The van der Waals surface area contributed by atoms with Gasteiger partial charge in [0.2, 0.25) is 0 Å². The van der Waals surface area contributed by atoms with Crippen LogP contribution in [0.3, 0.4) is 0 Å². The molecule has 0 spiro atoms. The number of carboxylic acid groups (broad SMARTS) is 1. The predicted molar refractivity (Wildman–Crippen MR) is 45.5 cm³/mol. The Balaban J connectivity index is 3.26. The number of halogens is 1. The van der Waals surface area contributed by atoms with Crippen LogP contribution in [0.1, 0.15) is 10.5 Å². The van der Waals surface area contributed by atoms with E-state index >= 15 is 0 Å². The average molecular weight is 184 g/mol. The van der Waals surface area contributed by atoms with E-state index < -0.39 is 17.5 Å². The number of hydrogen-bond donors (Lipinski definition) is 1. The van der Waals surface area contributed by atoms with Gasteiger partial charge in [-0.1, -0.05) is 0 Å². The van der Waals surface area contributed by atoms with Crippen LogP contribution in [-0.4, -0.2) is 30.2 Å². The number of aromatic carboxylic acids is 1. The maximum absolute atomic E-state index is 13.3. The van der Waals surface area contributed by atoms with Crippen molar-refractivity contribution < 1.29 is 14.3 Å². The lowest BCUT2D eigenvalue weighted by molar-refractivity contribution is 0.0685. The first-order valence-corrected chi connectivity index (χ1v) is 3.59. The number of pyridine rings is 1. The summed E-state index contributed by atoms with van der Waals surface area (Å²) in [6.07, 6.45) is 1.27. The van der Waals surface area contributed by atoms with E-state index in [1.807, 2.05) is 0 Å². The maximum atomic E-state index is 13.3. The van der Waals surface area contributed by atoms with Gasteiger partial charge >= 0.3 is 5.97 Å². The Morgan fingerprint density at radius 2 is 2.23 bits per heavy atom. The minimum Gasteiger partial charge on any atom is -0.476 e. The monoisotopic (exact) mass is 184 g/mol. The van der Waals surface area contributed by atoms with Gasteiger partial charge in [-0.05, 0) is 6.07 Å². The van der Waals surface area contributed by atoms with Gasteiger partial charge < -0.3 is 10.0 Å². The molecule has 0 fully saturated rings. The van der Waals surface area contributed by atoms with Gasteiger partial charge in [0.15, 0.2) is 11.5 Å². The van der Waals surface area contributed by atoms with Crippen molar-refractivity contribution in [2.75, 3.05) is 19.0 Å². The van der Waals surface area contributed by atoms with Crippen LogP contribution in [-0.2, 0) is 0 Å². The second-order valence-electron chi connectivity index (χ2n) is 2.69. The molecular formula is C8H9FN2O2. The second-order valence-corrected chi connectivity index (χ2v) is 2.69. The summed E-state index contributed by atoms with van der Waals surface area (Å²) in [5, 5.41) is 8.55. The number of carboxylic acids is 1. The molecule has 0 saturated heterocycles. The normalized spacial score (nSPS) is 9.77. The molecule has 1 rings (SSSR count). The van der Waals surface area contributed by atoms with E-state index in [0.717, 1.165) is 0 Å². The lowest BCUT2D eigenvalue weighted by Gasteiger charge is -2.13. The van der Waals surface area contributed by atoms with Crippen molar-refractivity contribution >= 4 is 11.7 Å². The highest BCUT2D eigenvalue weighted by Gasteiger charge is 2.16. The van der Waals surface area contributed by atoms with Crippen LogP contribution < -0.4 is 4.90 Å². The van der Waals surface area contributed by atoms with Crippen LogP contribution in [0.15, 0.2) is 12.3 Å². The molecule has 4 nitrogen and oxygen atoms in total. The van der Waals surface area contributed by atoms with Gasteiger partial charge in [-0.15, -0.1) is 0 Å². The number of carbonyl (C=O) groups is 1. The van der Waals surface area contributed by atoms with Crippen molar-refractivity contribution in [1.29, 1.82) is 0 Å². The fourth-order valence-corrected chi connectivity index (χ4v) is 0.928. The molecule has 0 aliphatic heterocycles. The van der Waals surface area contributed by atoms with Crippen molar-refractivity contribution in [3.8, 4) is 0 Å². The van der Waals surface area contributed by atoms with Crippen molar-refractivity contribution in [1.82, 2.24) is 4.98 Å². The molecule has 13 heavy (non-hydrogen) atoms. The second kappa shape index (κ2) is 3.38. The fraction of sp³-hybridized carbons (Fsp3) is 0.250. The quantitative estimate of drug-likeness (QED) is 0.744. The molecule has 0 aliphatic carbocycles. The van der Waals surface area contributed by atoms with Gasteiger partial charge in [0.1, 0.15) is 0 Å². The molecule has 70 valence electrons. The molecule has 0 amide bonds. The van der Waals surface area contributed by atoms with Crippen LogP contribution >= 0.6 is 0 Å². The number of anilines is 1. The first-order valence-electron chi connectivity index (χ1n) is 3.59. The highest BCUT2D eigenvalue weighted by atomic mass is 19.1. The standard InChI is InChI=1S/C8H9FN2O2/c1-11(2)5-3-4-10-7(6(5)9)8(12)13/h3-4H,1-2H3,(H,12,13). The molecule has 0 atom stereocenters. The molecule has 1 heterocycles. The largest absolute Gasteiger partial charge is 0.476 e. The summed E-state index contributed by atoms with van der Waals surface area (Å²) in [7, 11) is 3.26. The molecule has 0 bridgehead atoms. The van der Waals surface area contributed by atoms with Crippen molar-refractivity contribution in [3.05, 3.63) is 23.8 Å². The molecule has 1 aromatic rings. The summed E-state index contributed by atoms with van der Waals surface area (Å²) in [5.74, 6) is -2.17. The van der Waals surface area contributed by atoms with E-state index in [1.165, 1.54) is 17.2 Å². The van der Waals surface area contributed by atoms with E-state index in [0.29, 0.717) is 0 Å². The van der Waals surface area contributed by atoms with Crippen LogP contribution in [0.2, 0.25) is 0 Å². The lowest BCUT2D eigenvalue weighted by atomic mass is 10.3. The summed E-state index contributed by atoms with van der Waals surface area (Å²) in [6, 6.07) is 1.42. The summed E-state index contributed by atoms with van der Waals surface area (Å²) in [5.41, 5.74) is -0.335. The Morgan fingerprint density at radius 3 is 2.69 bits per heavy atom. The number of hydrogen-bond acceptors (Lipinski definition) is 3. The van der Waals surface area contributed by atoms with E-state index in [1.54, 1.807) is 14.1 Å². The van der Waals surface area contributed by atoms with E-state index in [2.05, 4.69) is 4.98 Å². The predicted octanol–water partition coefficient (Wildman–Crippen LogP) is 0.985. The third-order valence-electron chi connectivity index (χ3n) is 1.55. The summed E-state index contributed by atoms with van der Waals surface area (Å²) >= 11 is 0. The van der Waals surface area contributed by atoms with E-state index in [-0.39, 0.29) is 5.69 Å². The highest BCUT2D eigenvalue weighted by molar-refractivity contribution is 5.86. The summed E-state index contributed by atoms with van der Waals surface area (Å²) in [6.45, 7) is 0. The molecule has 1 aromatic heterocycles. The molecule has 0 aromatic carbocycles. The Morgan fingerprint density at radius 1 is 1.62 bits per heavy atom. The average Bonchev–Trinajstić information content (AvgIpc) is 2.03. The molecule has 0 unspecified atom stereocenters. The van der Waals surface area contributed by atoms with Gasteiger partial charge in [-0.25, -0.2) is 14.2 Å². The van der Waals surface area contributed by atoms with Crippen LogP contribution in [0.25, 0.3) is 0 Å². The molecule has 5 heteroatoms. The van der Waals surface area contributed by atoms with Crippen molar-refractivity contribution in [3.63, 3.8) is 0 Å². The molecule has 0 aliphatic rings. The smallest absolute Gasteiger partial charge is 0.357 e. The zero-order valence-corrected chi connectivity index (χ0v) is 7.28. The molecule has 0 saturated carbocycles. The van der Waals surface area contributed by atoms with Gasteiger partial charge in [-0.3, -0.25) is 0 Å². The van der Waals surface area contributed by atoms with Gasteiger partial charge in [0, 0.05) is 20.3 Å². The van der Waals surface area contributed by atoms with Crippen LogP contribution in [0.5, 0.6) is 0 Å². The van der Waals surface area contributed by atoms with Gasteiger partial charge in [0.25, 0.3) is 0 Å². The Hall–Kier alpha value is -1.65. The zero-order valence-electron chi connectivity index (χ0n) is 7.28. The highest BCUT2D eigenvalue weighted by Crippen LogP contribution is 2.17. The third kappa shape index (κ3) is 1.74. The van der Waals surface area contributed by atoms with Gasteiger partial charge in [0.05, 0.1) is 5.69 Å². The minimum atomic E-state index is -1.36. The first-order chi connectivity index (χ1) is 6.04. The summed E-state index contributed by atoms with van der Waals surface area (Å²) in [4.78, 5) is 15.4.